The van der Waals surface area contributed by atoms with E-state index >= 15 is 0 Å². The Labute approximate surface area is 141 Å². The maximum Gasteiger partial charge on any atom is 0.240 e. The predicted octanol–water partition coefficient (Wildman–Crippen LogP) is 1.58. The number of anilines is 1. The first-order valence-corrected chi connectivity index (χ1v) is 7.88. The zero-order valence-electron chi connectivity index (χ0n) is 14.3. The Morgan fingerprint density at radius 2 is 1.88 bits per heavy atom. The van der Waals surface area contributed by atoms with Crippen LogP contribution in [0.25, 0.3) is 0 Å². The highest BCUT2D eigenvalue weighted by molar-refractivity contribution is 6.13. The van der Waals surface area contributed by atoms with Crippen molar-refractivity contribution in [2.45, 2.75) is 19.3 Å². The molecule has 7 nitrogen and oxygen atoms in total. The number of hydrogen-bond acceptors (Lipinski definition) is 5. The van der Waals surface area contributed by atoms with Gasteiger partial charge in [0, 0.05) is 26.3 Å². The summed E-state index contributed by atoms with van der Waals surface area (Å²) in [6, 6.07) is 5.12. The first kappa shape index (κ1) is 18.1. The molecule has 0 bridgehead atoms. The van der Waals surface area contributed by atoms with Crippen molar-refractivity contribution in [1.29, 1.82) is 0 Å². The van der Waals surface area contributed by atoms with Crippen LogP contribution in [0.15, 0.2) is 18.2 Å². The van der Waals surface area contributed by atoms with Crippen molar-refractivity contribution in [2.75, 3.05) is 39.8 Å². The van der Waals surface area contributed by atoms with Crippen molar-refractivity contribution < 1.29 is 23.8 Å². The third-order valence-corrected chi connectivity index (χ3v) is 4.08. The van der Waals surface area contributed by atoms with Gasteiger partial charge in [0.25, 0.3) is 0 Å². The number of carbonyl (C=O) groups excluding carboxylic acids is 2. The molecule has 1 aromatic rings. The fourth-order valence-corrected chi connectivity index (χ4v) is 2.42. The Bertz CT molecular complexity index is 599. The van der Waals surface area contributed by atoms with Gasteiger partial charge in [-0.2, -0.15) is 0 Å². The molecule has 0 atom stereocenters. The van der Waals surface area contributed by atoms with Gasteiger partial charge in [0.15, 0.2) is 0 Å². The monoisotopic (exact) mass is 336 g/mol. The number of carbonyl (C=O) groups is 2. The molecule has 0 spiro atoms. The summed E-state index contributed by atoms with van der Waals surface area (Å²) in [6.07, 6.45) is 1.80. The van der Waals surface area contributed by atoms with Crippen LogP contribution in [0.3, 0.4) is 0 Å². The lowest BCUT2D eigenvalue weighted by atomic mass is 10.0. The average molecular weight is 336 g/mol. The van der Waals surface area contributed by atoms with E-state index in [4.69, 9.17) is 14.2 Å². The molecule has 0 aromatic heterocycles. The van der Waals surface area contributed by atoms with Crippen LogP contribution in [0.4, 0.5) is 5.69 Å². The standard InChI is InChI=1S/C17H24N2O5/c1-22-10-4-9-18-15(20)17(7-8-17)16(21)19-13-11-12(23-2)5-6-14(13)24-3/h5-6,11H,4,7-10H2,1-3H3,(H,18,20)(H,19,21). The van der Waals surface area contributed by atoms with E-state index in [-0.39, 0.29) is 11.8 Å². The molecule has 1 fully saturated rings. The van der Waals surface area contributed by atoms with Crippen molar-refractivity contribution in [1.82, 2.24) is 5.32 Å². The van der Waals surface area contributed by atoms with Crippen molar-refractivity contribution in [3.63, 3.8) is 0 Å². The molecule has 2 rings (SSSR count). The Morgan fingerprint density at radius 3 is 2.46 bits per heavy atom. The van der Waals surface area contributed by atoms with E-state index in [2.05, 4.69) is 10.6 Å². The third kappa shape index (κ3) is 3.97. The summed E-state index contributed by atoms with van der Waals surface area (Å²) in [5.41, 5.74) is -0.499. The molecular formula is C17H24N2O5. The maximum atomic E-state index is 12.6. The molecule has 0 unspecified atom stereocenters. The fourth-order valence-electron chi connectivity index (χ4n) is 2.42. The Hall–Kier alpha value is -2.28. The summed E-state index contributed by atoms with van der Waals surface area (Å²) in [7, 11) is 4.68. The van der Waals surface area contributed by atoms with Gasteiger partial charge in [-0.05, 0) is 31.4 Å². The number of rotatable bonds is 9. The maximum absolute atomic E-state index is 12.6. The first-order chi connectivity index (χ1) is 11.6. The summed E-state index contributed by atoms with van der Waals surface area (Å²) in [4.78, 5) is 24.9. The van der Waals surface area contributed by atoms with Gasteiger partial charge in [0.1, 0.15) is 16.9 Å². The largest absolute Gasteiger partial charge is 0.497 e. The fraction of sp³-hybridized carbons (Fsp3) is 0.529. The van der Waals surface area contributed by atoms with E-state index in [1.807, 2.05) is 0 Å². The summed E-state index contributed by atoms with van der Waals surface area (Å²) in [5, 5.41) is 5.59. The van der Waals surface area contributed by atoms with Crippen LogP contribution in [-0.2, 0) is 14.3 Å². The van der Waals surface area contributed by atoms with Crippen LogP contribution in [0.2, 0.25) is 0 Å². The number of methoxy groups -OCH3 is 3. The first-order valence-electron chi connectivity index (χ1n) is 7.88. The van der Waals surface area contributed by atoms with Gasteiger partial charge in [0.2, 0.25) is 11.8 Å². The van der Waals surface area contributed by atoms with Gasteiger partial charge in [-0.1, -0.05) is 0 Å². The van der Waals surface area contributed by atoms with E-state index in [0.717, 1.165) is 0 Å². The molecule has 2 amide bonds. The van der Waals surface area contributed by atoms with Crippen LogP contribution < -0.4 is 20.1 Å². The topological polar surface area (TPSA) is 85.9 Å². The SMILES string of the molecule is COCCCNC(=O)C1(C(=O)Nc2cc(OC)ccc2OC)CC1. The highest BCUT2D eigenvalue weighted by Crippen LogP contribution is 2.47. The van der Waals surface area contributed by atoms with Gasteiger partial charge < -0.3 is 24.8 Å². The molecule has 1 saturated carbocycles. The highest BCUT2D eigenvalue weighted by Gasteiger charge is 2.56. The second kappa shape index (κ2) is 8.01. The van der Waals surface area contributed by atoms with E-state index in [1.165, 1.54) is 7.11 Å². The molecule has 2 N–H and O–H groups in total. The molecule has 1 aromatic carbocycles. The summed E-state index contributed by atoms with van der Waals surface area (Å²) in [5.74, 6) is 0.552. The molecule has 1 aliphatic rings. The zero-order valence-corrected chi connectivity index (χ0v) is 14.3. The third-order valence-electron chi connectivity index (χ3n) is 4.08. The number of hydrogen-bond donors (Lipinski definition) is 2. The van der Waals surface area contributed by atoms with Crippen molar-refractivity contribution in [3.05, 3.63) is 18.2 Å². The normalized spacial score (nSPS) is 14.6. The quantitative estimate of drug-likeness (QED) is 0.528. The lowest BCUT2D eigenvalue weighted by molar-refractivity contribution is -0.134. The van der Waals surface area contributed by atoms with Gasteiger partial charge in [-0.15, -0.1) is 0 Å². The summed E-state index contributed by atoms with van der Waals surface area (Å²) >= 11 is 0. The van der Waals surface area contributed by atoms with E-state index in [9.17, 15) is 9.59 Å². The Balaban J connectivity index is 2.02. The average Bonchev–Trinajstić information content (AvgIpc) is 3.40. The summed E-state index contributed by atoms with van der Waals surface area (Å²) < 4.78 is 15.4. The Kier molecular flexibility index (Phi) is 6.03. The van der Waals surface area contributed by atoms with E-state index < -0.39 is 5.41 Å². The van der Waals surface area contributed by atoms with Crippen LogP contribution in [-0.4, -0.2) is 46.3 Å². The molecule has 24 heavy (non-hydrogen) atoms. The van der Waals surface area contributed by atoms with E-state index in [0.29, 0.717) is 49.6 Å². The second-order valence-electron chi connectivity index (χ2n) is 5.70. The summed E-state index contributed by atoms with van der Waals surface area (Å²) in [6.45, 7) is 1.06. The highest BCUT2D eigenvalue weighted by atomic mass is 16.5. The minimum absolute atomic E-state index is 0.238. The lowest BCUT2D eigenvalue weighted by Crippen LogP contribution is -2.40. The van der Waals surface area contributed by atoms with Gasteiger partial charge in [-0.3, -0.25) is 9.59 Å². The molecule has 0 heterocycles. The number of nitrogens with one attached hydrogen (secondary N) is 2. The van der Waals surface area contributed by atoms with Crippen LogP contribution in [0, 0.1) is 5.41 Å². The van der Waals surface area contributed by atoms with Crippen LogP contribution in [0.5, 0.6) is 11.5 Å². The molecule has 0 radical (unpaired) electrons. The lowest BCUT2D eigenvalue weighted by Gasteiger charge is -2.17. The van der Waals surface area contributed by atoms with Gasteiger partial charge in [0.05, 0.1) is 19.9 Å². The van der Waals surface area contributed by atoms with Crippen LogP contribution in [0.1, 0.15) is 19.3 Å². The number of amides is 2. The second-order valence-corrected chi connectivity index (χ2v) is 5.70. The number of benzene rings is 1. The van der Waals surface area contributed by atoms with Crippen molar-refractivity contribution in [3.8, 4) is 11.5 Å². The number of ether oxygens (including phenoxy) is 3. The zero-order chi connectivity index (χ0) is 17.6. The minimum Gasteiger partial charge on any atom is -0.497 e. The smallest absolute Gasteiger partial charge is 0.240 e. The van der Waals surface area contributed by atoms with Gasteiger partial charge >= 0.3 is 0 Å². The van der Waals surface area contributed by atoms with Crippen LogP contribution >= 0.6 is 0 Å². The molecule has 7 heteroatoms. The predicted molar refractivity (Wildman–Crippen MR) is 89.3 cm³/mol. The van der Waals surface area contributed by atoms with Gasteiger partial charge in [-0.25, -0.2) is 0 Å². The molecule has 0 saturated heterocycles. The van der Waals surface area contributed by atoms with Crippen molar-refractivity contribution >= 4 is 17.5 Å². The van der Waals surface area contributed by atoms with Crippen molar-refractivity contribution in [2.24, 2.45) is 5.41 Å². The molecule has 1 aliphatic carbocycles. The molecule has 132 valence electrons. The van der Waals surface area contributed by atoms with E-state index in [1.54, 1.807) is 32.4 Å². The molecular weight excluding hydrogens is 312 g/mol. The minimum atomic E-state index is -0.985. The Morgan fingerprint density at radius 1 is 1.12 bits per heavy atom. The molecule has 0 aliphatic heterocycles.